The van der Waals surface area contributed by atoms with E-state index < -0.39 is 0 Å². The molecule has 0 bridgehead atoms. The fraction of sp³-hybridized carbons (Fsp3) is 0.308. The Morgan fingerprint density at radius 1 is 1.12 bits per heavy atom. The van der Waals surface area contributed by atoms with E-state index in [0.717, 1.165) is 47.6 Å². The van der Waals surface area contributed by atoms with Crippen LogP contribution in [0.4, 0.5) is 0 Å². The number of carbonyl (C=O) groups excluding carboxylic acids is 1. The number of furan rings is 1. The Hall–Kier alpha value is -3.54. The number of hydrogen-bond acceptors (Lipinski definition) is 4. The maximum Gasteiger partial charge on any atom is 0.287 e. The molecule has 1 unspecified atom stereocenters. The first-order chi connectivity index (χ1) is 15.5. The number of rotatable bonds is 9. The Kier molecular flexibility index (Phi) is 6.59. The number of carbonyl (C=O) groups is 1. The lowest BCUT2D eigenvalue weighted by atomic mass is 10.1. The summed E-state index contributed by atoms with van der Waals surface area (Å²) in [4.78, 5) is 17.2. The summed E-state index contributed by atoms with van der Waals surface area (Å²) in [7, 11) is 0. The van der Waals surface area contributed by atoms with Gasteiger partial charge < -0.3 is 19.0 Å². The van der Waals surface area contributed by atoms with Crippen LogP contribution >= 0.6 is 0 Å². The summed E-state index contributed by atoms with van der Waals surface area (Å²) in [6.07, 6.45) is 3.36. The summed E-state index contributed by atoms with van der Waals surface area (Å²) >= 11 is 0. The first-order valence-electron chi connectivity index (χ1n) is 11.0. The molecule has 0 saturated carbocycles. The van der Waals surface area contributed by atoms with Crippen molar-refractivity contribution in [3.05, 3.63) is 83.6 Å². The van der Waals surface area contributed by atoms with Gasteiger partial charge in [-0.05, 0) is 75.1 Å². The number of para-hydroxylation sites is 2. The number of unbranched alkanes of at least 4 members (excludes halogenated alkanes) is 1. The second-order valence-electron chi connectivity index (χ2n) is 8.11. The van der Waals surface area contributed by atoms with Gasteiger partial charge in [0.2, 0.25) is 0 Å². The van der Waals surface area contributed by atoms with E-state index in [1.165, 1.54) is 11.8 Å². The summed E-state index contributed by atoms with van der Waals surface area (Å²) in [6.45, 7) is 7.55. The predicted octanol–water partition coefficient (Wildman–Crippen LogP) is 5.60. The Bertz CT molecular complexity index is 1190. The molecular weight excluding hydrogens is 402 g/mol. The average molecular weight is 432 g/mol. The second-order valence-corrected chi connectivity index (χ2v) is 8.11. The summed E-state index contributed by atoms with van der Waals surface area (Å²) in [5.41, 5.74) is 4.34. The number of nitrogens with one attached hydrogen (secondary N) is 1. The van der Waals surface area contributed by atoms with Crippen LogP contribution in [-0.4, -0.2) is 22.1 Å². The third-order valence-corrected chi connectivity index (χ3v) is 5.54. The van der Waals surface area contributed by atoms with Crippen molar-refractivity contribution in [2.45, 2.75) is 46.2 Å². The van der Waals surface area contributed by atoms with Crippen molar-refractivity contribution in [3.8, 4) is 5.75 Å². The zero-order chi connectivity index (χ0) is 22.5. The van der Waals surface area contributed by atoms with Crippen molar-refractivity contribution >= 4 is 16.9 Å². The van der Waals surface area contributed by atoms with Gasteiger partial charge in [-0.15, -0.1) is 0 Å². The molecule has 2 aromatic heterocycles. The largest absolute Gasteiger partial charge is 0.493 e. The van der Waals surface area contributed by atoms with Gasteiger partial charge in [0, 0.05) is 6.54 Å². The van der Waals surface area contributed by atoms with Gasteiger partial charge in [-0.1, -0.05) is 24.3 Å². The van der Waals surface area contributed by atoms with E-state index in [9.17, 15) is 4.79 Å². The van der Waals surface area contributed by atoms with Crippen LogP contribution in [0.15, 0.2) is 65.3 Å². The van der Waals surface area contributed by atoms with E-state index in [2.05, 4.69) is 48.0 Å². The topological polar surface area (TPSA) is 69.3 Å². The molecule has 0 spiro atoms. The van der Waals surface area contributed by atoms with Crippen molar-refractivity contribution < 1.29 is 13.9 Å². The minimum absolute atomic E-state index is 0.247. The molecule has 0 aliphatic rings. The van der Waals surface area contributed by atoms with Gasteiger partial charge in [0.1, 0.15) is 11.6 Å². The van der Waals surface area contributed by atoms with Crippen molar-refractivity contribution in [2.24, 2.45) is 0 Å². The fourth-order valence-corrected chi connectivity index (χ4v) is 3.82. The molecule has 32 heavy (non-hydrogen) atoms. The van der Waals surface area contributed by atoms with E-state index >= 15 is 0 Å². The molecule has 0 aliphatic heterocycles. The number of aromatic nitrogens is 2. The summed E-state index contributed by atoms with van der Waals surface area (Å²) in [5, 5.41) is 2.99. The van der Waals surface area contributed by atoms with E-state index in [0.29, 0.717) is 12.4 Å². The molecule has 0 aliphatic carbocycles. The number of aryl methyl sites for hydroxylation is 3. The molecule has 6 nitrogen and oxygen atoms in total. The lowest BCUT2D eigenvalue weighted by Gasteiger charge is -2.16. The summed E-state index contributed by atoms with van der Waals surface area (Å²) in [5.74, 6) is 1.83. The highest BCUT2D eigenvalue weighted by Crippen LogP contribution is 2.23. The van der Waals surface area contributed by atoms with E-state index in [4.69, 9.17) is 14.1 Å². The third kappa shape index (κ3) is 4.85. The van der Waals surface area contributed by atoms with Crippen LogP contribution < -0.4 is 10.1 Å². The minimum Gasteiger partial charge on any atom is -0.493 e. The Morgan fingerprint density at radius 2 is 1.97 bits per heavy atom. The SMILES string of the molecule is Cc1ccc(C)c(OCCCCn2c(C(C)NC(=O)c3ccco3)nc3ccccc32)c1. The molecular formula is C26H29N3O3. The quantitative estimate of drug-likeness (QED) is 0.350. The molecule has 1 amide bonds. The molecule has 0 fully saturated rings. The first kappa shape index (κ1) is 21.7. The summed E-state index contributed by atoms with van der Waals surface area (Å²) in [6, 6.07) is 17.4. The van der Waals surface area contributed by atoms with Crippen LogP contribution in [0.1, 0.15) is 53.3 Å². The average Bonchev–Trinajstić information content (AvgIpc) is 3.44. The molecule has 2 heterocycles. The van der Waals surface area contributed by atoms with Gasteiger partial charge in [0.15, 0.2) is 5.76 Å². The number of amides is 1. The summed E-state index contributed by atoms with van der Waals surface area (Å²) < 4.78 is 13.4. The van der Waals surface area contributed by atoms with Gasteiger partial charge in [0.25, 0.3) is 5.91 Å². The maximum absolute atomic E-state index is 12.4. The van der Waals surface area contributed by atoms with Crippen molar-refractivity contribution in [2.75, 3.05) is 6.61 Å². The highest BCUT2D eigenvalue weighted by molar-refractivity contribution is 5.91. The molecule has 6 heteroatoms. The molecule has 0 radical (unpaired) electrons. The van der Waals surface area contributed by atoms with Crippen molar-refractivity contribution in [1.82, 2.24) is 14.9 Å². The molecule has 1 N–H and O–H groups in total. The number of fused-ring (bicyclic) bond motifs is 1. The minimum atomic E-state index is -0.258. The van der Waals surface area contributed by atoms with Gasteiger partial charge >= 0.3 is 0 Å². The first-order valence-corrected chi connectivity index (χ1v) is 11.0. The van der Waals surface area contributed by atoms with E-state index in [-0.39, 0.29) is 11.9 Å². The molecule has 166 valence electrons. The van der Waals surface area contributed by atoms with Crippen LogP contribution in [0.5, 0.6) is 5.75 Å². The van der Waals surface area contributed by atoms with Crippen LogP contribution in [0.3, 0.4) is 0 Å². The van der Waals surface area contributed by atoms with Crippen LogP contribution in [0.25, 0.3) is 11.0 Å². The molecule has 1 atom stereocenters. The second kappa shape index (κ2) is 9.73. The molecule has 0 saturated heterocycles. The lowest BCUT2D eigenvalue weighted by Crippen LogP contribution is -2.28. The third-order valence-electron chi connectivity index (χ3n) is 5.54. The van der Waals surface area contributed by atoms with Gasteiger partial charge in [-0.2, -0.15) is 0 Å². The number of imidazole rings is 1. The molecule has 4 rings (SSSR count). The highest BCUT2D eigenvalue weighted by atomic mass is 16.5. The lowest BCUT2D eigenvalue weighted by molar-refractivity contribution is 0.0909. The Morgan fingerprint density at radius 3 is 2.78 bits per heavy atom. The smallest absolute Gasteiger partial charge is 0.287 e. The zero-order valence-corrected chi connectivity index (χ0v) is 18.8. The number of hydrogen-bond donors (Lipinski definition) is 1. The Balaban J connectivity index is 1.42. The molecule has 4 aromatic rings. The van der Waals surface area contributed by atoms with Crippen LogP contribution in [-0.2, 0) is 6.54 Å². The maximum atomic E-state index is 12.4. The normalized spacial score (nSPS) is 12.1. The predicted molar refractivity (Wildman–Crippen MR) is 125 cm³/mol. The van der Waals surface area contributed by atoms with Crippen LogP contribution in [0, 0.1) is 13.8 Å². The number of benzene rings is 2. The van der Waals surface area contributed by atoms with Crippen LogP contribution in [0.2, 0.25) is 0 Å². The number of nitrogens with zero attached hydrogens (tertiary/aromatic N) is 2. The van der Waals surface area contributed by atoms with E-state index in [1.807, 2.05) is 25.1 Å². The highest BCUT2D eigenvalue weighted by Gasteiger charge is 2.20. The standard InChI is InChI=1S/C26H29N3O3/c1-18-12-13-19(2)24(17-18)32-15-7-6-14-29-22-10-5-4-9-21(22)28-25(29)20(3)27-26(30)23-11-8-16-31-23/h4-5,8-13,16-17,20H,6-7,14-15H2,1-3H3,(H,27,30). The van der Waals surface area contributed by atoms with E-state index in [1.54, 1.807) is 12.1 Å². The molecule has 2 aromatic carbocycles. The van der Waals surface area contributed by atoms with Crippen molar-refractivity contribution in [3.63, 3.8) is 0 Å². The fourth-order valence-electron chi connectivity index (χ4n) is 3.82. The van der Waals surface area contributed by atoms with Gasteiger partial charge in [-0.25, -0.2) is 4.98 Å². The van der Waals surface area contributed by atoms with Gasteiger partial charge in [-0.3, -0.25) is 4.79 Å². The Labute approximate surface area is 188 Å². The van der Waals surface area contributed by atoms with Crippen molar-refractivity contribution in [1.29, 1.82) is 0 Å². The van der Waals surface area contributed by atoms with Gasteiger partial charge in [0.05, 0.1) is 29.9 Å². The monoisotopic (exact) mass is 431 g/mol. The number of ether oxygens (including phenoxy) is 1. The zero-order valence-electron chi connectivity index (χ0n) is 18.8.